The van der Waals surface area contributed by atoms with Crippen molar-refractivity contribution in [3.05, 3.63) is 41.1 Å². The summed E-state index contributed by atoms with van der Waals surface area (Å²) in [5.41, 5.74) is -0.0298. The van der Waals surface area contributed by atoms with E-state index in [0.29, 0.717) is 6.54 Å². The van der Waals surface area contributed by atoms with E-state index in [4.69, 9.17) is 0 Å². The fourth-order valence-electron chi connectivity index (χ4n) is 1.73. The molecule has 0 unspecified atom stereocenters. The molecule has 1 N–H and O–H groups in total. The van der Waals surface area contributed by atoms with Crippen molar-refractivity contribution in [3.8, 4) is 11.4 Å². The molecule has 2 aromatic rings. The van der Waals surface area contributed by atoms with E-state index in [9.17, 15) is 17.6 Å². The molecule has 0 aliphatic carbocycles. The zero-order valence-corrected chi connectivity index (χ0v) is 11.5. The fourth-order valence-corrected chi connectivity index (χ4v) is 1.73. The van der Waals surface area contributed by atoms with Crippen LogP contribution in [-0.2, 0) is 0 Å². The third-order valence-electron chi connectivity index (χ3n) is 2.80. The smallest absolute Gasteiger partial charge is 0.194 e. The number of aryl methyl sites for hydroxylation is 1. The molecule has 0 aliphatic heterocycles. The molecule has 1 heterocycles. The van der Waals surface area contributed by atoms with Gasteiger partial charge in [0.15, 0.2) is 34.9 Å². The number of rotatable bonds is 4. The topological polar surface area (TPSA) is 37.8 Å². The second-order valence-corrected chi connectivity index (χ2v) is 4.48. The molecule has 0 saturated heterocycles. The zero-order chi connectivity index (χ0) is 15.6. The molecule has 3 nitrogen and oxygen atoms in total. The largest absolute Gasteiger partial charge is 0.368 e. The van der Waals surface area contributed by atoms with Gasteiger partial charge in [0.05, 0.1) is 5.69 Å². The van der Waals surface area contributed by atoms with Crippen LogP contribution in [0.4, 0.5) is 23.4 Å². The van der Waals surface area contributed by atoms with Crippen molar-refractivity contribution in [2.24, 2.45) is 0 Å². The van der Waals surface area contributed by atoms with Crippen molar-refractivity contribution >= 4 is 5.82 Å². The number of anilines is 1. The Hall–Kier alpha value is -2.18. The Labute approximate surface area is 119 Å². The molecular weight excluding hydrogens is 286 g/mol. The molecule has 0 saturated carbocycles. The van der Waals surface area contributed by atoms with Crippen molar-refractivity contribution in [2.45, 2.75) is 20.3 Å². The molecule has 7 heteroatoms. The van der Waals surface area contributed by atoms with Gasteiger partial charge >= 0.3 is 0 Å². The summed E-state index contributed by atoms with van der Waals surface area (Å²) in [6.45, 7) is 3.79. The highest BCUT2D eigenvalue weighted by Crippen LogP contribution is 2.24. The monoisotopic (exact) mass is 299 g/mol. The third kappa shape index (κ3) is 3.12. The maximum Gasteiger partial charge on any atom is 0.194 e. The fraction of sp³-hybridized carbons (Fsp3) is 0.286. The average molecular weight is 299 g/mol. The maximum atomic E-state index is 13.8. The van der Waals surface area contributed by atoms with E-state index < -0.39 is 23.3 Å². The van der Waals surface area contributed by atoms with Crippen molar-refractivity contribution < 1.29 is 17.6 Å². The summed E-state index contributed by atoms with van der Waals surface area (Å²) in [6, 6.07) is 1.55. The molecule has 1 aromatic heterocycles. The van der Waals surface area contributed by atoms with E-state index in [1.807, 2.05) is 6.92 Å². The number of halogens is 4. The predicted octanol–water partition coefficient (Wildman–Crippen LogP) is 3.83. The minimum atomic E-state index is -1.57. The first-order chi connectivity index (χ1) is 9.93. The molecular formula is C14H13F4N3. The molecule has 21 heavy (non-hydrogen) atoms. The van der Waals surface area contributed by atoms with Crippen LogP contribution in [-0.4, -0.2) is 16.5 Å². The van der Waals surface area contributed by atoms with Crippen LogP contribution in [0.1, 0.15) is 19.0 Å². The molecule has 2 rings (SSSR count). The normalized spacial score (nSPS) is 10.8. The van der Waals surface area contributed by atoms with Crippen LogP contribution >= 0.6 is 0 Å². The van der Waals surface area contributed by atoms with Gasteiger partial charge in [0, 0.05) is 12.1 Å². The summed E-state index contributed by atoms with van der Waals surface area (Å²) < 4.78 is 53.3. The Morgan fingerprint density at radius 3 is 2.19 bits per heavy atom. The lowest BCUT2D eigenvalue weighted by molar-refractivity contribution is 0.447. The van der Waals surface area contributed by atoms with Crippen LogP contribution in [0.25, 0.3) is 11.4 Å². The van der Waals surface area contributed by atoms with Crippen molar-refractivity contribution in [2.75, 3.05) is 11.9 Å². The lowest BCUT2D eigenvalue weighted by Crippen LogP contribution is -2.08. The summed E-state index contributed by atoms with van der Waals surface area (Å²) in [7, 11) is 0. The average Bonchev–Trinajstić information content (AvgIpc) is 2.45. The summed E-state index contributed by atoms with van der Waals surface area (Å²) >= 11 is 0. The first kappa shape index (κ1) is 15.2. The van der Waals surface area contributed by atoms with Crippen LogP contribution in [0.5, 0.6) is 0 Å². The Bertz CT molecular complexity index is 651. The van der Waals surface area contributed by atoms with Gasteiger partial charge in [-0.15, -0.1) is 0 Å². The van der Waals surface area contributed by atoms with Gasteiger partial charge in [-0.1, -0.05) is 6.92 Å². The standard InChI is InChI=1S/C14H13F4N3/c1-3-4-19-14-11(17)7(2)20-13(21-14)8-5-9(15)12(18)10(16)6-8/h5-6H,3-4H2,1-2H3,(H,19,20,21). The molecule has 0 amide bonds. The Kier molecular flexibility index (Phi) is 4.40. The summed E-state index contributed by atoms with van der Waals surface area (Å²) in [5.74, 6) is -5.02. The van der Waals surface area contributed by atoms with Gasteiger partial charge in [-0.3, -0.25) is 0 Å². The van der Waals surface area contributed by atoms with Gasteiger partial charge in [-0.25, -0.2) is 27.5 Å². The lowest BCUT2D eigenvalue weighted by Gasteiger charge is -2.10. The second kappa shape index (κ2) is 6.07. The number of hydrogen-bond donors (Lipinski definition) is 1. The van der Waals surface area contributed by atoms with E-state index in [-0.39, 0.29) is 22.9 Å². The van der Waals surface area contributed by atoms with Gasteiger partial charge in [0.1, 0.15) is 0 Å². The number of benzene rings is 1. The van der Waals surface area contributed by atoms with Crippen molar-refractivity contribution in [1.29, 1.82) is 0 Å². The SMILES string of the molecule is CCCNc1nc(-c2cc(F)c(F)c(F)c2)nc(C)c1F. The van der Waals surface area contributed by atoms with E-state index >= 15 is 0 Å². The van der Waals surface area contributed by atoms with Gasteiger partial charge < -0.3 is 5.32 Å². The Balaban J connectivity index is 2.51. The van der Waals surface area contributed by atoms with Crippen LogP contribution in [0.3, 0.4) is 0 Å². The summed E-state index contributed by atoms with van der Waals surface area (Å²) in [4.78, 5) is 7.74. The molecule has 0 radical (unpaired) electrons. The number of nitrogens with one attached hydrogen (secondary N) is 1. The summed E-state index contributed by atoms with van der Waals surface area (Å²) in [6.07, 6.45) is 0.748. The molecule has 0 spiro atoms. The predicted molar refractivity (Wildman–Crippen MR) is 70.8 cm³/mol. The number of aromatic nitrogens is 2. The Morgan fingerprint density at radius 1 is 1.00 bits per heavy atom. The van der Waals surface area contributed by atoms with Crippen molar-refractivity contribution in [1.82, 2.24) is 9.97 Å². The maximum absolute atomic E-state index is 13.8. The quantitative estimate of drug-likeness (QED) is 0.688. The van der Waals surface area contributed by atoms with E-state index in [2.05, 4.69) is 15.3 Å². The number of nitrogens with zero attached hydrogens (tertiary/aromatic N) is 2. The molecule has 112 valence electrons. The highest BCUT2D eigenvalue weighted by Gasteiger charge is 2.16. The lowest BCUT2D eigenvalue weighted by atomic mass is 10.2. The second-order valence-electron chi connectivity index (χ2n) is 4.48. The van der Waals surface area contributed by atoms with Crippen LogP contribution < -0.4 is 5.32 Å². The van der Waals surface area contributed by atoms with Gasteiger partial charge in [0.2, 0.25) is 0 Å². The van der Waals surface area contributed by atoms with Gasteiger partial charge in [-0.2, -0.15) is 0 Å². The molecule has 0 bridgehead atoms. The third-order valence-corrected chi connectivity index (χ3v) is 2.80. The molecule has 1 aromatic carbocycles. The summed E-state index contributed by atoms with van der Waals surface area (Å²) in [5, 5.41) is 2.77. The highest BCUT2D eigenvalue weighted by molar-refractivity contribution is 5.58. The minimum absolute atomic E-state index is 0.0312. The van der Waals surface area contributed by atoms with E-state index in [0.717, 1.165) is 18.6 Å². The molecule has 0 aliphatic rings. The first-order valence-electron chi connectivity index (χ1n) is 6.37. The van der Waals surface area contributed by atoms with E-state index in [1.54, 1.807) is 0 Å². The van der Waals surface area contributed by atoms with Crippen LogP contribution in [0, 0.1) is 30.2 Å². The molecule has 0 atom stereocenters. The van der Waals surface area contributed by atoms with Crippen LogP contribution in [0.2, 0.25) is 0 Å². The van der Waals surface area contributed by atoms with Crippen molar-refractivity contribution in [3.63, 3.8) is 0 Å². The number of hydrogen-bond acceptors (Lipinski definition) is 3. The Morgan fingerprint density at radius 2 is 1.62 bits per heavy atom. The highest BCUT2D eigenvalue weighted by atomic mass is 19.2. The van der Waals surface area contributed by atoms with E-state index in [1.165, 1.54) is 6.92 Å². The van der Waals surface area contributed by atoms with Gasteiger partial charge in [-0.05, 0) is 25.5 Å². The minimum Gasteiger partial charge on any atom is -0.368 e. The molecule has 0 fully saturated rings. The first-order valence-corrected chi connectivity index (χ1v) is 6.37. The van der Waals surface area contributed by atoms with Crippen LogP contribution in [0.15, 0.2) is 12.1 Å². The zero-order valence-electron chi connectivity index (χ0n) is 11.5. The van der Waals surface area contributed by atoms with Gasteiger partial charge in [0.25, 0.3) is 0 Å².